The number of thiol groups is 1. The van der Waals surface area contributed by atoms with Gasteiger partial charge in [0, 0.05) is 5.56 Å². The topological polar surface area (TPSA) is 52.3 Å². The van der Waals surface area contributed by atoms with Gasteiger partial charge in [0.2, 0.25) is 5.16 Å². The lowest BCUT2D eigenvalue weighted by atomic mass is 10.2. The van der Waals surface area contributed by atoms with E-state index >= 15 is 0 Å². The molecule has 1 aromatic heterocycles. The number of rotatable bonds is 4. The zero-order valence-electron chi connectivity index (χ0n) is 11.9. The minimum Gasteiger partial charge on any atom is -0.497 e. The number of methoxy groups -OCH3 is 1. The molecule has 0 radical (unpaired) electrons. The largest absolute Gasteiger partial charge is 0.497 e. The molecule has 0 bridgehead atoms. The molecule has 2 aromatic carbocycles. The molecule has 0 amide bonds. The van der Waals surface area contributed by atoms with Crippen molar-refractivity contribution in [2.75, 3.05) is 7.11 Å². The SMILES string of the molecule is COc1cccc(-c2nnc(S)n2/N=C/c2ccccc2)c1. The highest BCUT2D eigenvalue weighted by Gasteiger charge is 2.11. The molecule has 0 spiro atoms. The monoisotopic (exact) mass is 310 g/mol. The number of benzene rings is 2. The van der Waals surface area contributed by atoms with Crippen molar-refractivity contribution < 1.29 is 4.74 Å². The van der Waals surface area contributed by atoms with Gasteiger partial charge < -0.3 is 4.74 Å². The van der Waals surface area contributed by atoms with Crippen molar-refractivity contribution in [3.63, 3.8) is 0 Å². The third-order valence-corrected chi connectivity index (χ3v) is 3.35. The summed E-state index contributed by atoms with van der Waals surface area (Å²) < 4.78 is 6.83. The number of hydrogen-bond donors (Lipinski definition) is 1. The van der Waals surface area contributed by atoms with Crippen LogP contribution in [0.15, 0.2) is 64.9 Å². The van der Waals surface area contributed by atoms with Crippen molar-refractivity contribution in [3.05, 3.63) is 60.2 Å². The molecule has 0 N–H and O–H groups in total. The van der Waals surface area contributed by atoms with Gasteiger partial charge in [0.25, 0.3) is 0 Å². The summed E-state index contributed by atoms with van der Waals surface area (Å²) in [6.07, 6.45) is 1.74. The number of hydrogen-bond acceptors (Lipinski definition) is 5. The standard InChI is InChI=1S/C16H14N4OS/c1-21-14-9-5-8-13(10-14)15-18-19-16(22)20(15)17-11-12-6-3-2-4-7-12/h2-11H,1H3,(H,19,22)/b17-11+. The summed E-state index contributed by atoms with van der Waals surface area (Å²) in [5.41, 5.74) is 1.85. The Hall–Kier alpha value is -2.60. The van der Waals surface area contributed by atoms with E-state index in [1.54, 1.807) is 18.0 Å². The Balaban J connectivity index is 1.99. The Labute approximate surface area is 133 Å². The van der Waals surface area contributed by atoms with Crippen LogP contribution < -0.4 is 4.74 Å². The van der Waals surface area contributed by atoms with Gasteiger partial charge in [0.05, 0.1) is 13.3 Å². The molecular formula is C16H14N4OS. The molecular weight excluding hydrogens is 296 g/mol. The van der Waals surface area contributed by atoms with Crippen LogP contribution in [0.3, 0.4) is 0 Å². The van der Waals surface area contributed by atoms with Crippen molar-refractivity contribution in [2.45, 2.75) is 5.16 Å². The third-order valence-electron chi connectivity index (χ3n) is 3.07. The first-order valence-corrected chi connectivity index (χ1v) is 7.11. The average Bonchev–Trinajstić information content (AvgIpc) is 2.95. The third kappa shape index (κ3) is 3.01. The quantitative estimate of drug-likeness (QED) is 0.595. The van der Waals surface area contributed by atoms with Gasteiger partial charge in [0.15, 0.2) is 5.82 Å². The van der Waals surface area contributed by atoms with Crippen molar-refractivity contribution >= 4 is 18.8 Å². The van der Waals surface area contributed by atoms with E-state index < -0.39 is 0 Å². The molecule has 3 rings (SSSR count). The summed E-state index contributed by atoms with van der Waals surface area (Å²) in [5.74, 6) is 1.36. The maximum atomic E-state index is 5.24. The molecule has 0 aliphatic heterocycles. The zero-order valence-corrected chi connectivity index (χ0v) is 12.8. The van der Waals surface area contributed by atoms with Gasteiger partial charge in [-0.05, 0) is 17.7 Å². The molecule has 1 heterocycles. The second-order valence-corrected chi connectivity index (χ2v) is 4.92. The van der Waals surface area contributed by atoms with Crippen LogP contribution in [0, 0.1) is 0 Å². The van der Waals surface area contributed by atoms with E-state index in [0.717, 1.165) is 16.9 Å². The van der Waals surface area contributed by atoms with Gasteiger partial charge >= 0.3 is 0 Å². The van der Waals surface area contributed by atoms with Crippen LogP contribution in [0.25, 0.3) is 11.4 Å². The van der Waals surface area contributed by atoms with Crippen LogP contribution >= 0.6 is 12.6 Å². The molecule has 0 aliphatic carbocycles. The summed E-state index contributed by atoms with van der Waals surface area (Å²) in [5, 5.41) is 13.0. The fraction of sp³-hybridized carbons (Fsp3) is 0.0625. The van der Waals surface area contributed by atoms with Gasteiger partial charge in [0.1, 0.15) is 5.75 Å². The molecule has 0 atom stereocenters. The highest BCUT2D eigenvalue weighted by atomic mass is 32.1. The lowest BCUT2D eigenvalue weighted by Gasteiger charge is -2.04. The summed E-state index contributed by atoms with van der Waals surface area (Å²) >= 11 is 4.31. The van der Waals surface area contributed by atoms with Gasteiger partial charge in [-0.3, -0.25) is 0 Å². The van der Waals surface area contributed by atoms with E-state index in [-0.39, 0.29) is 0 Å². The first-order valence-electron chi connectivity index (χ1n) is 6.66. The van der Waals surface area contributed by atoms with Gasteiger partial charge in [-0.25, -0.2) is 0 Å². The Morgan fingerprint density at radius 2 is 1.91 bits per heavy atom. The van der Waals surface area contributed by atoms with Crippen molar-refractivity contribution in [3.8, 4) is 17.1 Å². The predicted octanol–water partition coefficient (Wildman–Crippen LogP) is 3.12. The van der Waals surface area contributed by atoms with Crippen molar-refractivity contribution in [1.29, 1.82) is 0 Å². The minimum absolute atomic E-state index is 0.421. The number of nitrogens with zero attached hydrogens (tertiary/aromatic N) is 4. The molecule has 0 unspecified atom stereocenters. The molecule has 0 saturated heterocycles. The molecule has 0 fully saturated rings. The van der Waals surface area contributed by atoms with Gasteiger partial charge in [-0.2, -0.15) is 9.78 Å². The maximum Gasteiger partial charge on any atom is 0.209 e. The fourth-order valence-electron chi connectivity index (χ4n) is 1.98. The normalized spacial score (nSPS) is 11.0. The second-order valence-electron chi connectivity index (χ2n) is 4.52. The number of ether oxygens (including phenoxy) is 1. The van der Waals surface area contributed by atoms with E-state index in [0.29, 0.717) is 11.0 Å². The van der Waals surface area contributed by atoms with Crippen molar-refractivity contribution in [2.24, 2.45) is 5.10 Å². The van der Waals surface area contributed by atoms with Crippen LogP contribution in [0.2, 0.25) is 0 Å². The highest BCUT2D eigenvalue weighted by molar-refractivity contribution is 7.80. The lowest BCUT2D eigenvalue weighted by Crippen LogP contribution is -1.96. The predicted molar refractivity (Wildman–Crippen MR) is 88.7 cm³/mol. The van der Waals surface area contributed by atoms with Gasteiger partial charge in [-0.15, -0.1) is 22.8 Å². The molecule has 5 nitrogen and oxygen atoms in total. The Kier molecular flexibility index (Phi) is 4.20. The summed E-state index contributed by atoms with van der Waals surface area (Å²) in [6, 6.07) is 17.4. The minimum atomic E-state index is 0.421. The lowest BCUT2D eigenvalue weighted by molar-refractivity contribution is 0.415. The molecule has 6 heteroatoms. The Morgan fingerprint density at radius 1 is 1.09 bits per heavy atom. The summed E-state index contributed by atoms with van der Waals surface area (Å²) in [4.78, 5) is 0. The van der Waals surface area contributed by atoms with E-state index in [1.807, 2.05) is 54.6 Å². The fourth-order valence-corrected chi connectivity index (χ4v) is 2.17. The van der Waals surface area contributed by atoms with Crippen molar-refractivity contribution in [1.82, 2.24) is 14.9 Å². The average molecular weight is 310 g/mol. The summed E-state index contributed by atoms with van der Waals surface area (Å²) in [6.45, 7) is 0. The first-order chi connectivity index (χ1) is 10.8. The number of aromatic nitrogens is 3. The smallest absolute Gasteiger partial charge is 0.209 e. The second kappa shape index (κ2) is 6.44. The maximum absolute atomic E-state index is 5.24. The first kappa shape index (κ1) is 14.3. The van der Waals surface area contributed by atoms with Crippen LogP contribution in [0.4, 0.5) is 0 Å². The zero-order chi connectivity index (χ0) is 15.4. The van der Waals surface area contributed by atoms with Crippen LogP contribution in [-0.2, 0) is 0 Å². The highest BCUT2D eigenvalue weighted by Crippen LogP contribution is 2.23. The Morgan fingerprint density at radius 3 is 2.68 bits per heavy atom. The van der Waals surface area contributed by atoms with E-state index in [4.69, 9.17) is 4.74 Å². The molecule has 22 heavy (non-hydrogen) atoms. The summed E-state index contributed by atoms with van der Waals surface area (Å²) in [7, 11) is 1.63. The van der Waals surface area contributed by atoms with Crippen LogP contribution in [0.1, 0.15) is 5.56 Å². The molecule has 3 aromatic rings. The van der Waals surface area contributed by atoms with E-state index in [1.165, 1.54) is 0 Å². The molecule has 0 aliphatic rings. The molecule has 0 saturated carbocycles. The van der Waals surface area contributed by atoms with Crippen LogP contribution in [-0.4, -0.2) is 28.2 Å². The molecule has 110 valence electrons. The van der Waals surface area contributed by atoms with E-state index in [2.05, 4.69) is 27.9 Å². The van der Waals surface area contributed by atoms with Gasteiger partial charge in [-0.1, -0.05) is 42.5 Å². The Bertz CT molecular complexity index is 799. The van der Waals surface area contributed by atoms with Crippen LogP contribution in [0.5, 0.6) is 5.75 Å². The van der Waals surface area contributed by atoms with E-state index in [9.17, 15) is 0 Å².